The van der Waals surface area contributed by atoms with E-state index < -0.39 is 6.36 Å². The number of alkyl halides is 3. The fourth-order valence-electron chi connectivity index (χ4n) is 4.92. The normalized spacial score (nSPS) is 13.5. The van der Waals surface area contributed by atoms with Crippen LogP contribution in [0.2, 0.25) is 0 Å². The molecule has 0 saturated heterocycles. The lowest BCUT2D eigenvalue weighted by atomic mass is 9.88. The fourth-order valence-corrected chi connectivity index (χ4v) is 4.92. The zero-order chi connectivity index (χ0) is 33.6. The van der Waals surface area contributed by atoms with Gasteiger partial charge in [-0.1, -0.05) is 65.3 Å². The summed E-state index contributed by atoms with van der Waals surface area (Å²) in [5.41, 5.74) is 4.87. The maximum Gasteiger partial charge on any atom is 0.573 e. The molecule has 1 atom stereocenters. The molecule has 0 aliphatic carbocycles. The molecule has 3 aromatic carbocycles. The van der Waals surface area contributed by atoms with E-state index in [1.807, 2.05) is 62.9 Å². The Bertz CT molecular complexity index is 1490. The van der Waals surface area contributed by atoms with Crippen LogP contribution < -0.4 is 14.2 Å². The van der Waals surface area contributed by atoms with E-state index in [0.717, 1.165) is 52.9 Å². The molecule has 1 unspecified atom stereocenters. The third-order valence-electron chi connectivity index (χ3n) is 6.70. The lowest BCUT2D eigenvalue weighted by Gasteiger charge is -2.38. The summed E-state index contributed by atoms with van der Waals surface area (Å²) in [6.45, 7) is 12.5. The van der Waals surface area contributed by atoms with Crippen molar-refractivity contribution in [1.82, 2.24) is 14.9 Å². The minimum absolute atomic E-state index is 0.0645. The molecule has 0 radical (unpaired) electrons. The summed E-state index contributed by atoms with van der Waals surface area (Å²) in [7, 11) is 3.31. The minimum Gasteiger partial charge on any atom is -0.497 e. The lowest BCUT2D eigenvalue weighted by Crippen LogP contribution is -2.40. The highest BCUT2D eigenvalue weighted by atomic mass is 19.4. The quantitative estimate of drug-likeness (QED) is 0.212. The van der Waals surface area contributed by atoms with E-state index in [9.17, 15) is 18.0 Å². The summed E-state index contributed by atoms with van der Waals surface area (Å²) in [4.78, 5) is 24.3. The van der Waals surface area contributed by atoms with Crippen molar-refractivity contribution in [2.24, 2.45) is 0 Å². The van der Waals surface area contributed by atoms with Crippen molar-refractivity contribution in [2.45, 2.75) is 73.2 Å². The second-order valence-electron chi connectivity index (χ2n) is 9.56. The van der Waals surface area contributed by atoms with Gasteiger partial charge in [0.15, 0.2) is 0 Å². The SMILES string of the molecule is CC.CC.CCCC1c2c(cc(OC)cc2OC)CCN1C(=O)c1cnc2ccccc2n1.Cc1cccc(OC(F)(F)F)c1. The van der Waals surface area contributed by atoms with Gasteiger partial charge in [-0.05, 0) is 61.2 Å². The number of hydrogen-bond acceptors (Lipinski definition) is 6. The van der Waals surface area contributed by atoms with Crippen LogP contribution >= 0.6 is 0 Å². The Morgan fingerprint density at radius 2 is 1.62 bits per heavy atom. The van der Waals surface area contributed by atoms with Crippen molar-refractivity contribution in [3.63, 3.8) is 0 Å². The first-order chi connectivity index (χ1) is 21.6. The highest BCUT2D eigenvalue weighted by molar-refractivity contribution is 5.94. The number of halogens is 3. The molecule has 10 heteroatoms. The van der Waals surface area contributed by atoms with Gasteiger partial charge in [0, 0.05) is 18.2 Å². The Balaban J connectivity index is 0.000000370. The number of rotatable bonds is 6. The van der Waals surface area contributed by atoms with Crippen LogP contribution in [0, 0.1) is 6.92 Å². The van der Waals surface area contributed by atoms with Crippen LogP contribution in [0.1, 0.15) is 80.7 Å². The number of methoxy groups -OCH3 is 2. The van der Waals surface area contributed by atoms with Gasteiger partial charge in [0.05, 0.1) is 37.5 Å². The monoisotopic (exact) mass is 627 g/mol. The molecular formula is C35H44F3N3O4. The maximum absolute atomic E-state index is 13.4. The van der Waals surface area contributed by atoms with E-state index >= 15 is 0 Å². The van der Waals surface area contributed by atoms with E-state index in [1.54, 1.807) is 33.4 Å². The highest BCUT2D eigenvalue weighted by Crippen LogP contribution is 2.42. The van der Waals surface area contributed by atoms with Crippen LogP contribution in [0.5, 0.6) is 17.2 Å². The number of amides is 1. The molecule has 0 N–H and O–H groups in total. The van der Waals surface area contributed by atoms with Crippen molar-refractivity contribution >= 4 is 16.9 Å². The number of nitrogens with zero attached hydrogens (tertiary/aromatic N) is 3. The number of carbonyl (C=O) groups excluding carboxylic acids is 1. The van der Waals surface area contributed by atoms with Crippen LogP contribution in [-0.2, 0) is 6.42 Å². The largest absolute Gasteiger partial charge is 0.573 e. The van der Waals surface area contributed by atoms with Gasteiger partial charge in [0.2, 0.25) is 0 Å². The van der Waals surface area contributed by atoms with E-state index in [1.165, 1.54) is 23.8 Å². The number of hydrogen-bond donors (Lipinski definition) is 0. The van der Waals surface area contributed by atoms with Gasteiger partial charge in [-0.3, -0.25) is 9.78 Å². The molecule has 0 bridgehead atoms. The summed E-state index contributed by atoms with van der Waals surface area (Å²) in [5.74, 6) is 1.27. The van der Waals surface area contributed by atoms with Crippen molar-refractivity contribution in [1.29, 1.82) is 0 Å². The lowest BCUT2D eigenvalue weighted by molar-refractivity contribution is -0.274. The van der Waals surface area contributed by atoms with Crippen LogP contribution in [-0.4, -0.2) is 47.9 Å². The Morgan fingerprint density at radius 1 is 0.933 bits per heavy atom. The summed E-state index contributed by atoms with van der Waals surface area (Å²) in [6.07, 6.45) is -0.479. The highest BCUT2D eigenvalue weighted by Gasteiger charge is 2.34. The van der Waals surface area contributed by atoms with Gasteiger partial charge in [-0.15, -0.1) is 13.2 Å². The smallest absolute Gasteiger partial charge is 0.497 e. The topological polar surface area (TPSA) is 73.8 Å². The molecule has 2 heterocycles. The Kier molecular flexibility index (Phi) is 14.6. The first-order valence-corrected chi connectivity index (χ1v) is 15.2. The maximum atomic E-state index is 13.4. The third kappa shape index (κ3) is 10.1. The van der Waals surface area contributed by atoms with Gasteiger partial charge in [0.25, 0.3) is 5.91 Å². The van der Waals surface area contributed by atoms with Gasteiger partial charge < -0.3 is 19.1 Å². The molecule has 45 heavy (non-hydrogen) atoms. The first kappa shape index (κ1) is 36.8. The number of aryl methyl sites for hydroxylation is 1. The molecule has 4 aromatic rings. The molecule has 5 rings (SSSR count). The van der Waals surface area contributed by atoms with E-state index in [4.69, 9.17) is 9.47 Å². The van der Waals surface area contributed by atoms with E-state index in [0.29, 0.717) is 12.2 Å². The van der Waals surface area contributed by atoms with E-state index in [-0.39, 0.29) is 17.7 Å². The average Bonchev–Trinajstić information content (AvgIpc) is 3.05. The van der Waals surface area contributed by atoms with Crippen LogP contribution in [0.25, 0.3) is 11.0 Å². The van der Waals surface area contributed by atoms with Crippen molar-refractivity contribution in [3.05, 3.63) is 89.2 Å². The second-order valence-corrected chi connectivity index (χ2v) is 9.56. The van der Waals surface area contributed by atoms with Crippen molar-refractivity contribution in [2.75, 3.05) is 20.8 Å². The van der Waals surface area contributed by atoms with Gasteiger partial charge in [0.1, 0.15) is 22.9 Å². The number of para-hydroxylation sites is 2. The number of carbonyl (C=O) groups is 1. The van der Waals surface area contributed by atoms with Gasteiger partial charge in [-0.2, -0.15) is 0 Å². The summed E-state index contributed by atoms with van der Waals surface area (Å²) in [6, 6.07) is 17.3. The predicted molar refractivity (Wildman–Crippen MR) is 172 cm³/mol. The Labute approximate surface area is 264 Å². The molecule has 0 saturated carbocycles. The third-order valence-corrected chi connectivity index (χ3v) is 6.70. The van der Waals surface area contributed by atoms with Crippen LogP contribution in [0.15, 0.2) is 66.9 Å². The molecule has 1 amide bonds. The van der Waals surface area contributed by atoms with Crippen LogP contribution in [0.3, 0.4) is 0 Å². The van der Waals surface area contributed by atoms with Crippen LogP contribution in [0.4, 0.5) is 13.2 Å². The molecular weight excluding hydrogens is 583 g/mol. The zero-order valence-corrected chi connectivity index (χ0v) is 27.4. The van der Waals surface area contributed by atoms with Gasteiger partial charge in [-0.25, -0.2) is 4.98 Å². The number of fused-ring (bicyclic) bond motifs is 2. The standard InChI is InChI=1S/C23H25N3O3.C8H7F3O.2C2H6/c1-4-7-20-22-15(12-16(28-2)13-21(22)29-3)10-11-26(20)23(27)19-14-24-17-8-5-6-9-18(17)25-19;1-6-3-2-4-7(5-6)12-8(9,10)11;2*1-2/h5-6,8-9,12-14,20H,4,7,10-11H2,1-3H3;2-5H,1H3;2*1-2H3. The number of benzene rings is 3. The Hall–Kier alpha value is -4.34. The molecule has 7 nitrogen and oxygen atoms in total. The average molecular weight is 628 g/mol. The molecule has 0 fully saturated rings. The first-order valence-electron chi connectivity index (χ1n) is 15.2. The fraction of sp³-hybridized carbons (Fsp3) is 0.400. The predicted octanol–water partition coefficient (Wildman–Crippen LogP) is 9.13. The van der Waals surface area contributed by atoms with E-state index in [2.05, 4.69) is 27.7 Å². The van der Waals surface area contributed by atoms with Crippen molar-refractivity contribution < 1.29 is 32.2 Å². The Morgan fingerprint density at radius 3 is 2.22 bits per heavy atom. The number of ether oxygens (including phenoxy) is 3. The molecule has 1 aromatic heterocycles. The number of aromatic nitrogens is 2. The summed E-state index contributed by atoms with van der Waals surface area (Å²) >= 11 is 0. The zero-order valence-electron chi connectivity index (χ0n) is 27.4. The molecule has 244 valence electrons. The minimum atomic E-state index is -4.60. The summed E-state index contributed by atoms with van der Waals surface area (Å²) < 4.78 is 49.7. The van der Waals surface area contributed by atoms with Gasteiger partial charge >= 0.3 is 6.36 Å². The molecule has 1 aliphatic rings. The molecule has 0 spiro atoms. The second kappa shape index (κ2) is 17.8. The molecule has 1 aliphatic heterocycles. The summed E-state index contributed by atoms with van der Waals surface area (Å²) in [5, 5.41) is 0. The van der Waals surface area contributed by atoms with Crippen molar-refractivity contribution in [3.8, 4) is 17.2 Å².